The van der Waals surface area contributed by atoms with Gasteiger partial charge < -0.3 is 5.11 Å². The summed E-state index contributed by atoms with van der Waals surface area (Å²) >= 11 is 0. The van der Waals surface area contributed by atoms with E-state index in [0.29, 0.717) is 10.9 Å². The lowest BCUT2D eigenvalue weighted by Gasteiger charge is -2.00. The van der Waals surface area contributed by atoms with Crippen molar-refractivity contribution >= 4 is 10.9 Å². The lowest BCUT2D eigenvalue weighted by Crippen LogP contribution is -2.05. The predicted molar refractivity (Wildman–Crippen MR) is 40.1 cm³/mol. The van der Waals surface area contributed by atoms with E-state index in [0.717, 1.165) is 0 Å². The van der Waals surface area contributed by atoms with Crippen molar-refractivity contribution in [2.45, 2.75) is 19.8 Å². The van der Waals surface area contributed by atoms with E-state index >= 15 is 0 Å². The topological polar surface area (TPSA) is 23.1 Å². The molecule has 1 aliphatic rings. The van der Waals surface area contributed by atoms with Gasteiger partial charge >= 0.3 is 0 Å². The van der Waals surface area contributed by atoms with Gasteiger partial charge in [0.2, 0.25) is 0 Å². The van der Waals surface area contributed by atoms with Crippen molar-refractivity contribution in [1.29, 1.82) is 0 Å². The van der Waals surface area contributed by atoms with Gasteiger partial charge in [0.1, 0.15) is 16.9 Å². The van der Waals surface area contributed by atoms with Crippen molar-refractivity contribution in [3.05, 3.63) is 11.2 Å². The van der Waals surface area contributed by atoms with E-state index in [4.69, 9.17) is 0 Å². The lowest BCUT2D eigenvalue weighted by atomic mass is 10.4. The van der Waals surface area contributed by atoms with E-state index < -0.39 is 0 Å². The SMILES string of the molecule is C/C([O-])=C/[S+]1CCCC1. The summed E-state index contributed by atoms with van der Waals surface area (Å²) in [6, 6.07) is 0. The molecule has 1 heterocycles. The van der Waals surface area contributed by atoms with Gasteiger partial charge in [0.15, 0.2) is 0 Å². The molecule has 0 aromatic heterocycles. The van der Waals surface area contributed by atoms with Crippen LogP contribution in [0.4, 0.5) is 0 Å². The van der Waals surface area contributed by atoms with Gasteiger partial charge in [-0.25, -0.2) is 0 Å². The molecule has 0 unspecified atom stereocenters. The molecule has 0 saturated carbocycles. The summed E-state index contributed by atoms with van der Waals surface area (Å²) in [6.07, 6.45) is 2.65. The summed E-state index contributed by atoms with van der Waals surface area (Å²) in [5.41, 5.74) is 0. The average molecular weight is 144 g/mol. The van der Waals surface area contributed by atoms with Crippen LogP contribution in [0.15, 0.2) is 11.2 Å². The van der Waals surface area contributed by atoms with E-state index in [-0.39, 0.29) is 5.76 Å². The first-order valence-electron chi connectivity index (χ1n) is 3.31. The summed E-state index contributed by atoms with van der Waals surface area (Å²) in [5, 5.41) is 12.4. The highest BCUT2D eigenvalue weighted by Gasteiger charge is 2.20. The third-order valence-corrected chi connectivity index (χ3v) is 3.69. The Bertz CT molecular complexity index is 110. The third-order valence-electron chi connectivity index (χ3n) is 1.40. The lowest BCUT2D eigenvalue weighted by molar-refractivity contribution is -0.301. The van der Waals surface area contributed by atoms with Crippen molar-refractivity contribution in [2.75, 3.05) is 11.5 Å². The Kier molecular flexibility index (Phi) is 2.46. The highest BCUT2D eigenvalue weighted by molar-refractivity contribution is 7.99. The molecule has 0 atom stereocenters. The Morgan fingerprint density at radius 3 is 2.44 bits per heavy atom. The van der Waals surface area contributed by atoms with Crippen molar-refractivity contribution in [3.63, 3.8) is 0 Å². The van der Waals surface area contributed by atoms with Gasteiger partial charge in [0.25, 0.3) is 0 Å². The number of hydrogen-bond donors (Lipinski definition) is 0. The zero-order valence-electron chi connectivity index (χ0n) is 5.72. The molecule has 0 aromatic rings. The van der Waals surface area contributed by atoms with Crippen LogP contribution in [0.3, 0.4) is 0 Å². The van der Waals surface area contributed by atoms with Crippen LogP contribution in [-0.2, 0) is 10.9 Å². The third kappa shape index (κ3) is 2.31. The highest BCUT2D eigenvalue weighted by atomic mass is 32.2. The van der Waals surface area contributed by atoms with Gasteiger partial charge in [-0.2, -0.15) is 0 Å². The molecule has 1 rings (SSSR count). The number of hydrogen-bond acceptors (Lipinski definition) is 1. The Morgan fingerprint density at radius 1 is 1.44 bits per heavy atom. The zero-order chi connectivity index (χ0) is 6.69. The standard InChI is InChI=1S/C7H12OS/c1-7(8)6-9-4-2-3-5-9/h6H,2-5H2,1H3/b7-6-. The number of allylic oxidation sites excluding steroid dienone is 1. The Morgan fingerprint density at radius 2 is 2.00 bits per heavy atom. The predicted octanol–water partition coefficient (Wildman–Crippen LogP) is 0.620. The summed E-state index contributed by atoms with van der Waals surface area (Å²) < 4.78 is 0. The molecule has 2 heteroatoms. The normalized spacial score (nSPS) is 23.0. The Hall–Kier alpha value is -0.110. The Balaban J connectivity index is 2.35. The van der Waals surface area contributed by atoms with Crippen molar-refractivity contribution in [3.8, 4) is 0 Å². The van der Waals surface area contributed by atoms with Gasteiger partial charge in [-0.05, 0) is 12.8 Å². The van der Waals surface area contributed by atoms with E-state index in [1.165, 1.54) is 24.3 Å². The van der Waals surface area contributed by atoms with Crippen molar-refractivity contribution in [1.82, 2.24) is 0 Å². The summed E-state index contributed by atoms with van der Waals surface area (Å²) in [7, 11) is 0.368. The van der Waals surface area contributed by atoms with E-state index in [1.807, 2.05) is 5.41 Å². The van der Waals surface area contributed by atoms with E-state index in [2.05, 4.69) is 0 Å². The van der Waals surface area contributed by atoms with Crippen molar-refractivity contribution < 1.29 is 5.11 Å². The zero-order valence-corrected chi connectivity index (χ0v) is 6.54. The molecule has 1 nitrogen and oxygen atoms in total. The van der Waals surface area contributed by atoms with Crippen LogP contribution in [0, 0.1) is 0 Å². The minimum Gasteiger partial charge on any atom is -0.873 e. The van der Waals surface area contributed by atoms with Crippen LogP contribution < -0.4 is 5.11 Å². The fourth-order valence-electron chi connectivity index (χ4n) is 1.03. The molecule has 9 heavy (non-hydrogen) atoms. The molecule has 0 spiro atoms. The Labute approximate surface area is 59.1 Å². The molecule has 0 aromatic carbocycles. The number of rotatable bonds is 1. The smallest absolute Gasteiger partial charge is 0.113 e. The van der Waals surface area contributed by atoms with E-state index in [9.17, 15) is 5.11 Å². The fourth-order valence-corrected chi connectivity index (χ4v) is 3.09. The maximum Gasteiger partial charge on any atom is 0.113 e. The van der Waals surface area contributed by atoms with Crippen LogP contribution >= 0.6 is 0 Å². The molecule has 0 aliphatic carbocycles. The first-order valence-corrected chi connectivity index (χ1v) is 4.93. The maximum absolute atomic E-state index is 10.6. The van der Waals surface area contributed by atoms with Crippen LogP contribution in [0.1, 0.15) is 19.8 Å². The van der Waals surface area contributed by atoms with Gasteiger partial charge in [-0.3, -0.25) is 0 Å². The minimum absolute atomic E-state index is 0.250. The summed E-state index contributed by atoms with van der Waals surface area (Å²) in [4.78, 5) is 0. The quantitative estimate of drug-likeness (QED) is 0.391. The first-order chi connectivity index (χ1) is 4.29. The van der Waals surface area contributed by atoms with Gasteiger partial charge in [-0.1, -0.05) is 12.7 Å². The largest absolute Gasteiger partial charge is 0.873 e. The molecule has 0 bridgehead atoms. The maximum atomic E-state index is 10.6. The van der Waals surface area contributed by atoms with Crippen LogP contribution in [0.5, 0.6) is 0 Å². The summed E-state index contributed by atoms with van der Waals surface area (Å²) in [6.45, 7) is 1.64. The van der Waals surface area contributed by atoms with Gasteiger partial charge in [0.05, 0.1) is 0 Å². The molecule has 1 fully saturated rings. The van der Waals surface area contributed by atoms with Crippen LogP contribution in [-0.4, -0.2) is 11.5 Å². The monoisotopic (exact) mass is 144 g/mol. The second kappa shape index (κ2) is 3.16. The second-order valence-corrected chi connectivity index (χ2v) is 4.51. The second-order valence-electron chi connectivity index (χ2n) is 2.38. The average Bonchev–Trinajstić information content (AvgIpc) is 2.15. The first kappa shape index (κ1) is 7.00. The highest BCUT2D eigenvalue weighted by Crippen LogP contribution is 2.14. The van der Waals surface area contributed by atoms with Crippen LogP contribution in [0.25, 0.3) is 0 Å². The molecule has 1 saturated heterocycles. The fraction of sp³-hybridized carbons (Fsp3) is 0.714. The minimum atomic E-state index is 0.250. The molecule has 0 N–H and O–H groups in total. The van der Waals surface area contributed by atoms with E-state index in [1.54, 1.807) is 6.92 Å². The molecule has 0 amide bonds. The van der Waals surface area contributed by atoms with Crippen molar-refractivity contribution in [2.24, 2.45) is 0 Å². The molecular formula is C7H12OS. The molecular weight excluding hydrogens is 132 g/mol. The molecule has 1 aliphatic heterocycles. The van der Waals surface area contributed by atoms with Gasteiger partial charge in [0, 0.05) is 10.9 Å². The molecule has 52 valence electrons. The van der Waals surface area contributed by atoms with Gasteiger partial charge in [-0.15, -0.1) is 0 Å². The summed E-state index contributed by atoms with van der Waals surface area (Å²) in [5.74, 6) is 2.78. The van der Waals surface area contributed by atoms with Crippen LogP contribution in [0.2, 0.25) is 0 Å². The molecule has 0 radical (unpaired) electrons.